The normalized spacial score (nSPS) is 22.0. The summed E-state index contributed by atoms with van der Waals surface area (Å²) in [7, 11) is 4.03. The zero-order valence-corrected chi connectivity index (χ0v) is 20.7. The molecule has 3 unspecified atom stereocenters. The summed E-state index contributed by atoms with van der Waals surface area (Å²) in [6, 6.07) is 24.0. The fourth-order valence-electron chi connectivity index (χ4n) is 5.42. The minimum absolute atomic E-state index is 0.139. The Hall–Kier alpha value is -4.46. The highest BCUT2D eigenvalue weighted by Crippen LogP contribution is 2.57. The van der Waals surface area contributed by atoms with Crippen LogP contribution in [0.1, 0.15) is 22.6 Å². The molecule has 2 aliphatic rings. The van der Waals surface area contributed by atoms with Crippen molar-refractivity contribution in [2.24, 2.45) is 10.9 Å². The first-order valence-corrected chi connectivity index (χ1v) is 11.8. The third-order valence-electron chi connectivity index (χ3n) is 7.06. The zero-order chi connectivity index (χ0) is 26.2. The van der Waals surface area contributed by atoms with Gasteiger partial charge in [0.25, 0.3) is 5.91 Å². The molecule has 0 aliphatic carbocycles. The van der Waals surface area contributed by atoms with Crippen LogP contribution < -0.4 is 9.64 Å². The number of hydrogen-bond acceptors (Lipinski definition) is 7. The molecule has 8 heteroatoms. The van der Waals surface area contributed by atoms with Crippen molar-refractivity contribution < 1.29 is 28.6 Å². The molecule has 8 nitrogen and oxygen atoms in total. The van der Waals surface area contributed by atoms with E-state index in [1.165, 1.54) is 14.2 Å². The number of benzene rings is 3. The topological polar surface area (TPSA) is 94.5 Å². The number of amides is 1. The molecule has 5 rings (SSSR count). The maximum Gasteiger partial charge on any atom is 0.352 e. The minimum atomic E-state index is -1.57. The van der Waals surface area contributed by atoms with Crippen LogP contribution in [0, 0.1) is 5.92 Å². The number of anilines is 1. The molecule has 2 aliphatic heterocycles. The third kappa shape index (κ3) is 3.76. The Morgan fingerprint density at radius 3 is 2.22 bits per heavy atom. The summed E-state index contributed by atoms with van der Waals surface area (Å²) >= 11 is 0. The van der Waals surface area contributed by atoms with Gasteiger partial charge in [-0.15, -0.1) is 0 Å². The summed E-state index contributed by atoms with van der Waals surface area (Å²) in [4.78, 5) is 47.1. The van der Waals surface area contributed by atoms with Crippen LogP contribution >= 0.6 is 0 Å². The van der Waals surface area contributed by atoms with Crippen LogP contribution in [0.4, 0.5) is 5.69 Å². The molecule has 0 saturated heterocycles. The molecule has 1 spiro atoms. The van der Waals surface area contributed by atoms with Crippen molar-refractivity contribution in [3.63, 3.8) is 0 Å². The highest BCUT2D eigenvalue weighted by Gasteiger charge is 2.65. The molecule has 0 saturated carbocycles. The highest BCUT2D eigenvalue weighted by atomic mass is 16.5. The SMILES string of the molecule is COC(=O)C1=NC2(C(=O)N(Cc3ccccc3)c3ccccc32)C(c2ccc(OC)cc2)C1C(=O)OC. The molecule has 0 bridgehead atoms. The number of nitrogens with zero attached hydrogens (tertiary/aromatic N) is 2. The fraction of sp³-hybridized carbons (Fsp3) is 0.241. The smallest absolute Gasteiger partial charge is 0.352 e. The first-order valence-electron chi connectivity index (χ1n) is 11.8. The van der Waals surface area contributed by atoms with Gasteiger partial charge < -0.3 is 19.1 Å². The van der Waals surface area contributed by atoms with E-state index in [2.05, 4.69) is 0 Å². The fourth-order valence-corrected chi connectivity index (χ4v) is 5.42. The molecule has 3 aromatic carbocycles. The molecule has 3 atom stereocenters. The van der Waals surface area contributed by atoms with Gasteiger partial charge in [-0.25, -0.2) is 4.79 Å². The molecule has 37 heavy (non-hydrogen) atoms. The molecule has 2 heterocycles. The second kappa shape index (κ2) is 9.54. The maximum absolute atomic E-state index is 14.5. The Labute approximate surface area is 214 Å². The second-order valence-corrected chi connectivity index (χ2v) is 8.90. The Morgan fingerprint density at radius 2 is 1.57 bits per heavy atom. The predicted octanol–water partition coefficient (Wildman–Crippen LogP) is 3.64. The standard InChI is InChI=1S/C29H26N2O6/c1-35-20-15-13-19(14-16-20)24-23(26(32)36-2)25(27(33)37-3)30-29(24)21-11-7-8-12-22(21)31(28(29)34)17-18-9-5-4-6-10-18/h4-16,23-24H,17H2,1-3H3. The van der Waals surface area contributed by atoms with E-state index in [-0.39, 0.29) is 11.6 Å². The Morgan fingerprint density at radius 1 is 0.892 bits per heavy atom. The van der Waals surface area contributed by atoms with E-state index >= 15 is 0 Å². The van der Waals surface area contributed by atoms with Crippen LogP contribution in [-0.2, 0) is 35.9 Å². The van der Waals surface area contributed by atoms with Crippen molar-refractivity contribution >= 4 is 29.2 Å². The van der Waals surface area contributed by atoms with Gasteiger partial charge >= 0.3 is 11.9 Å². The predicted molar refractivity (Wildman–Crippen MR) is 136 cm³/mol. The lowest BCUT2D eigenvalue weighted by molar-refractivity contribution is -0.145. The Bertz CT molecular complexity index is 1390. The largest absolute Gasteiger partial charge is 0.497 e. The zero-order valence-electron chi connectivity index (χ0n) is 20.7. The number of carbonyl (C=O) groups excluding carboxylic acids is 3. The Kier molecular flexibility index (Phi) is 6.25. The van der Waals surface area contributed by atoms with Gasteiger partial charge in [-0.2, -0.15) is 0 Å². The van der Waals surface area contributed by atoms with E-state index in [1.807, 2.05) is 54.6 Å². The lowest BCUT2D eigenvalue weighted by atomic mass is 9.71. The van der Waals surface area contributed by atoms with Crippen molar-refractivity contribution in [3.05, 3.63) is 95.6 Å². The first-order chi connectivity index (χ1) is 18.0. The summed E-state index contributed by atoms with van der Waals surface area (Å²) in [6.07, 6.45) is 0. The molecule has 0 aromatic heterocycles. The van der Waals surface area contributed by atoms with E-state index < -0.39 is 29.3 Å². The van der Waals surface area contributed by atoms with Crippen LogP contribution in [0.3, 0.4) is 0 Å². The summed E-state index contributed by atoms with van der Waals surface area (Å²) in [6.45, 7) is 0.305. The molecule has 3 aromatic rings. The van der Waals surface area contributed by atoms with Crippen LogP contribution in [0.15, 0.2) is 83.9 Å². The van der Waals surface area contributed by atoms with E-state index in [1.54, 1.807) is 36.3 Å². The number of para-hydroxylation sites is 1. The monoisotopic (exact) mass is 498 g/mol. The van der Waals surface area contributed by atoms with Crippen LogP contribution in [0.2, 0.25) is 0 Å². The van der Waals surface area contributed by atoms with Crippen LogP contribution in [-0.4, -0.2) is 44.9 Å². The van der Waals surface area contributed by atoms with Gasteiger partial charge in [0.15, 0.2) is 5.54 Å². The molecule has 0 N–H and O–H groups in total. The second-order valence-electron chi connectivity index (χ2n) is 8.90. The summed E-state index contributed by atoms with van der Waals surface area (Å²) < 4.78 is 15.4. The van der Waals surface area contributed by atoms with E-state index in [9.17, 15) is 14.4 Å². The average Bonchev–Trinajstić information content (AvgIpc) is 3.42. The van der Waals surface area contributed by atoms with Gasteiger partial charge in [0.2, 0.25) is 0 Å². The number of rotatable bonds is 6. The number of aliphatic imine (C=N–C) groups is 1. The highest BCUT2D eigenvalue weighted by molar-refractivity contribution is 6.42. The van der Waals surface area contributed by atoms with Gasteiger partial charge in [-0.1, -0.05) is 60.7 Å². The maximum atomic E-state index is 14.5. The lowest BCUT2D eigenvalue weighted by Crippen LogP contribution is -2.44. The molecule has 0 radical (unpaired) electrons. The van der Waals surface area contributed by atoms with Crippen molar-refractivity contribution in [2.75, 3.05) is 26.2 Å². The molecular weight excluding hydrogens is 472 g/mol. The summed E-state index contributed by atoms with van der Waals surface area (Å²) in [5.41, 5.74) is 1.16. The number of hydrogen-bond donors (Lipinski definition) is 0. The van der Waals surface area contributed by atoms with Crippen molar-refractivity contribution in [1.29, 1.82) is 0 Å². The average molecular weight is 499 g/mol. The number of methoxy groups -OCH3 is 3. The Balaban J connectivity index is 1.75. The number of fused-ring (bicyclic) bond motifs is 2. The van der Waals surface area contributed by atoms with Crippen molar-refractivity contribution in [2.45, 2.75) is 18.0 Å². The van der Waals surface area contributed by atoms with Crippen molar-refractivity contribution in [3.8, 4) is 5.75 Å². The van der Waals surface area contributed by atoms with Gasteiger partial charge in [0.05, 0.1) is 33.6 Å². The van der Waals surface area contributed by atoms with Gasteiger partial charge in [0, 0.05) is 11.5 Å². The van der Waals surface area contributed by atoms with Gasteiger partial charge in [0.1, 0.15) is 17.4 Å². The van der Waals surface area contributed by atoms with Crippen LogP contribution in [0.25, 0.3) is 0 Å². The number of carbonyl (C=O) groups is 3. The number of esters is 2. The number of ether oxygens (including phenoxy) is 3. The van der Waals surface area contributed by atoms with Crippen molar-refractivity contribution in [1.82, 2.24) is 0 Å². The van der Waals surface area contributed by atoms with Gasteiger partial charge in [-0.05, 0) is 29.3 Å². The molecule has 188 valence electrons. The molecule has 1 amide bonds. The molecule has 0 fully saturated rings. The van der Waals surface area contributed by atoms with E-state index in [0.29, 0.717) is 29.1 Å². The summed E-state index contributed by atoms with van der Waals surface area (Å²) in [5.74, 6) is -3.17. The minimum Gasteiger partial charge on any atom is -0.497 e. The third-order valence-corrected chi connectivity index (χ3v) is 7.06. The van der Waals surface area contributed by atoms with Crippen LogP contribution in [0.5, 0.6) is 5.75 Å². The van der Waals surface area contributed by atoms with E-state index in [4.69, 9.17) is 19.2 Å². The van der Waals surface area contributed by atoms with E-state index in [0.717, 1.165) is 5.56 Å². The lowest BCUT2D eigenvalue weighted by Gasteiger charge is -2.31. The molecular formula is C29H26N2O6. The van der Waals surface area contributed by atoms with Gasteiger partial charge in [-0.3, -0.25) is 14.6 Å². The first kappa shape index (κ1) is 24.2. The summed E-state index contributed by atoms with van der Waals surface area (Å²) in [5, 5.41) is 0. The quantitative estimate of drug-likeness (QED) is 0.482.